The summed E-state index contributed by atoms with van der Waals surface area (Å²) in [5.41, 5.74) is 0.410. The van der Waals surface area contributed by atoms with Crippen LogP contribution in [0.5, 0.6) is 0 Å². The Balaban J connectivity index is 2.75. The third-order valence-electron chi connectivity index (χ3n) is 2.62. The maximum Gasteiger partial charge on any atom is 0.326 e. The van der Waals surface area contributed by atoms with E-state index in [-0.39, 0.29) is 5.92 Å². The maximum absolute atomic E-state index is 11.9. The summed E-state index contributed by atoms with van der Waals surface area (Å²) >= 11 is 0. The Bertz CT molecular complexity index is 422. The summed E-state index contributed by atoms with van der Waals surface area (Å²) < 4.78 is 5.15. The van der Waals surface area contributed by atoms with E-state index in [0.717, 1.165) is 0 Å². The minimum absolute atomic E-state index is 0.196. The fourth-order valence-electron chi connectivity index (χ4n) is 1.75. The second-order valence-electron chi connectivity index (χ2n) is 4.60. The molecule has 0 bridgehead atoms. The van der Waals surface area contributed by atoms with E-state index in [1.807, 2.05) is 20.8 Å². The van der Waals surface area contributed by atoms with Crippen molar-refractivity contribution < 1.29 is 19.1 Å². The molecule has 1 aromatic rings. The SMILES string of the molecule is CCc1occc1C(=O)N[C@@H](CC(C)C)C(=O)O. The number of furan rings is 1. The average molecular weight is 253 g/mol. The van der Waals surface area contributed by atoms with Crippen molar-refractivity contribution in [2.24, 2.45) is 5.92 Å². The lowest BCUT2D eigenvalue weighted by atomic mass is 10.0. The molecule has 5 nitrogen and oxygen atoms in total. The van der Waals surface area contributed by atoms with Gasteiger partial charge in [-0.1, -0.05) is 20.8 Å². The Morgan fingerprint density at radius 1 is 1.44 bits per heavy atom. The van der Waals surface area contributed by atoms with E-state index >= 15 is 0 Å². The van der Waals surface area contributed by atoms with Gasteiger partial charge in [0.2, 0.25) is 0 Å². The van der Waals surface area contributed by atoms with Crippen molar-refractivity contribution >= 4 is 11.9 Å². The van der Waals surface area contributed by atoms with Crippen molar-refractivity contribution in [3.8, 4) is 0 Å². The van der Waals surface area contributed by atoms with Gasteiger partial charge in [0, 0.05) is 6.42 Å². The molecule has 5 heteroatoms. The predicted octanol–water partition coefficient (Wildman–Crippen LogP) is 2.07. The number of carboxylic acids is 1. The summed E-state index contributed by atoms with van der Waals surface area (Å²) in [7, 11) is 0. The molecule has 18 heavy (non-hydrogen) atoms. The number of nitrogens with one attached hydrogen (secondary N) is 1. The van der Waals surface area contributed by atoms with Crippen molar-refractivity contribution in [2.75, 3.05) is 0 Å². The van der Waals surface area contributed by atoms with Gasteiger partial charge in [0.15, 0.2) is 0 Å². The molecule has 1 atom stereocenters. The number of carbonyl (C=O) groups excluding carboxylic acids is 1. The molecule has 1 aromatic heterocycles. The molecule has 0 aliphatic heterocycles. The minimum atomic E-state index is -1.02. The van der Waals surface area contributed by atoms with Gasteiger partial charge in [0.1, 0.15) is 11.8 Å². The lowest BCUT2D eigenvalue weighted by Gasteiger charge is -2.16. The first-order valence-corrected chi connectivity index (χ1v) is 6.05. The molecule has 100 valence electrons. The first-order valence-electron chi connectivity index (χ1n) is 6.05. The van der Waals surface area contributed by atoms with Crippen LogP contribution in [0.15, 0.2) is 16.7 Å². The second kappa shape index (κ2) is 6.23. The van der Waals surface area contributed by atoms with Crippen LogP contribution in [0.2, 0.25) is 0 Å². The molecule has 0 aliphatic carbocycles. The molecule has 2 N–H and O–H groups in total. The quantitative estimate of drug-likeness (QED) is 0.813. The van der Waals surface area contributed by atoms with Crippen molar-refractivity contribution in [3.63, 3.8) is 0 Å². The van der Waals surface area contributed by atoms with Crippen molar-refractivity contribution in [1.29, 1.82) is 0 Å². The summed E-state index contributed by atoms with van der Waals surface area (Å²) in [5, 5.41) is 11.6. The Morgan fingerprint density at radius 3 is 2.61 bits per heavy atom. The van der Waals surface area contributed by atoms with Crippen LogP contribution >= 0.6 is 0 Å². The second-order valence-corrected chi connectivity index (χ2v) is 4.60. The van der Waals surface area contributed by atoms with E-state index in [4.69, 9.17) is 9.52 Å². The highest BCUT2D eigenvalue weighted by Crippen LogP contribution is 2.12. The first-order chi connectivity index (χ1) is 8.45. The highest BCUT2D eigenvalue weighted by atomic mass is 16.4. The molecule has 0 aromatic carbocycles. The van der Waals surface area contributed by atoms with Crippen LogP contribution in [0, 0.1) is 5.92 Å². The largest absolute Gasteiger partial charge is 0.480 e. The molecular weight excluding hydrogens is 234 g/mol. The number of aryl methyl sites for hydroxylation is 1. The number of carboxylic acid groups (broad SMARTS) is 1. The zero-order valence-corrected chi connectivity index (χ0v) is 10.9. The van der Waals surface area contributed by atoms with Crippen molar-refractivity contribution in [1.82, 2.24) is 5.32 Å². The van der Waals surface area contributed by atoms with Crippen LogP contribution in [0.4, 0.5) is 0 Å². The maximum atomic E-state index is 11.9. The van der Waals surface area contributed by atoms with Gasteiger partial charge in [-0.05, 0) is 18.4 Å². The number of hydrogen-bond donors (Lipinski definition) is 2. The van der Waals surface area contributed by atoms with E-state index in [2.05, 4.69) is 5.32 Å². The molecule has 0 fully saturated rings. The van der Waals surface area contributed by atoms with E-state index in [0.29, 0.717) is 24.2 Å². The molecule has 0 aliphatic rings. The molecule has 0 unspecified atom stereocenters. The normalized spacial score (nSPS) is 12.4. The van der Waals surface area contributed by atoms with Crippen LogP contribution in [0.25, 0.3) is 0 Å². The standard InChI is InChI=1S/C13H19NO4/c1-4-11-9(5-6-18-11)12(15)14-10(13(16)17)7-8(2)3/h5-6,8,10H,4,7H2,1-3H3,(H,14,15)(H,16,17)/t10-/m0/s1. The summed E-state index contributed by atoms with van der Waals surface area (Å²) in [5.74, 6) is -0.644. The third-order valence-corrected chi connectivity index (χ3v) is 2.62. The Morgan fingerprint density at radius 2 is 2.11 bits per heavy atom. The zero-order chi connectivity index (χ0) is 13.7. The fraction of sp³-hybridized carbons (Fsp3) is 0.538. The molecule has 1 heterocycles. The van der Waals surface area contributed by atoms with E-state index in [1.165, 1.54) is 6.26 Å². The van der Waals surface area contributed by atoms with Crippen LogP contribution in [-0.4, -0.2) is 23.0 Å². The topological polar surface area (TPSA) is 79.5 Å². The molecular formula is C13H19NO4. The van der Waals surface area contributed by atoms with Gasteiger partial charge in [-0.15, -0.1) is 0 Å². The molecule has 1 amide bonds. The molecule has 1 rings (SSSR count). The summed E-state index contributed by atoms with van der Waals surface area (Å²) in [6.45, 7) is 5.70. The van der Waals surface area contributed by atoms with Crippen molar-refractivity contribution in [3.05, 3.63) is 23.7 Å². The van der Waals surface area contributed by atoms with Crippen LogP contribution < -0.4 is 5.32 Å². The summed E-state index contributed by atoms with van der Waals surface area (Å²) in [6.07, 6.45) is 2.43. The van der Waals surface area contributed by atoms with E-state index in [9.17, 15) is 9.59 Å². The molecule has 0 spiro atoms. The average Bonchev–Trinajstić information content (AvgIpc) is 2.75. The monoisotopic (exact) mass is 253 g/mol. The lowest BCUT2D eigenvalue weighted by molar-refractivity contribution is -0.139. The lowest BCUT2D eigenvalue weighted by Crippen LogP contribution is -2.41. The van der Waals surface area contributed by atoms with Crippen LogP contribution in [-0.2, 0) is 11.2 Å². The van der Waals surface area contributed by atoms with Gasteiger partial charge in [-0.3, -0.25) is 4.79 Å². The van der Waals surface area contributed by atoms with Gasteiger partial charge < -0.3 is 14.8 Å². The first kappa shape index (κ1) is 14.3. The number of carbonyl (C=O) groups is 2. The highest BCUT2D eigenvalue weighted by molar-refractivity contribution is 5.97. The summed E-state index contributed by atoms with van der Waals surface area (Å²) in [6, 6.07) is 0.694. The third kappa shape index (κ3) is 3.61. The van der Waals surface area contributed by atoms with E-state index < -0.39 is 17.9 Å². The van der Waals surface area contributed by atoms with Crippen LogP contribution in [0.3, 0.4) is 0 Å². The highest BCUT2D eigenvalue weighted by Gasteiger charge is 2.23. The smallest absolute Gasteiger partial charge is 0.326 e. The number of rotatable bonds is 6. The molecule has 0 saturated heterocycles. The van der Waals surface area contributed by atoms with Gasteiger partial charge in [0.25, 0.3) is 5.91 Å². The zero-order valence-electron chi connectivity index (χ0n) is 10.9. The van der Waals surface area contributed by atoms with Gasteiger partial charge in [-0.25, -0.2) is 4.79 Å². The Hall–Kier alpha value is -1.78. The minimum Gasteiger partial charge on any atom is -0.480 e. The summed E-state index contributed by atoms with van der Waals surface area (Å²) in [4.78, 5) is 23.0. The fourth-order valence-corrected chi connectivity index (χ4v) is 1.75. The Kier molecular flexibility index (Phi) is 4.95. The Labute approximate surface area is 106 Å². The number of aliphatic carboxylic acids is 1. The van der Waals surface area contributed by atoms with Crippen LogP contribution in [0.1, 0.15) is 43.3 Å². The van der Waals surface area contributed by atoms with Gasteiger partial charge in [0.05, 0.1) is 11.8 Å². The van der Waals surface area contributed by atoms with Gasteiger partial charge in [-0.2, -0.15) is 0 Å². The predicted molar refractivity (Wildman–Crippen MR) is 66.4 cm³/mol. The number of amides is 1. The molecule has 0 radical (unpaired) electrons. The van der Waals surface area contributed by atoms with Gasteiger partial charge >= 0.3 is 5.97 Å². The number of hydrogen-bond acceptors (Lipinski definition) is 3. The van der Waals surface area contributed by atoms with E-state index in [1.54, 1.807) is 6.07 Å². The molecule has 0 saturated carbocycles. The van der Waals surface area contributed by atoms with Crippen molar-refractivity contribution in [2.45, 2.75) is 39.7 Å².